The van der Waals surface area contributed by atoms with E-state index in [1.54, 1.807) is 57.8 Å². The smallest absolute Gasteiger partial charge is 0.0357 e. The summed E-state index contributed by atoms with van der Waals surface area (Å²) in [5.74, 6) is 4.45. The Labute approximate surface area is 139 Å². The van der Waals surface area contributed by atoms with Gasteiger partial charge in [-0.2, -0.15) is 0 Å². The van der Waals surface area contributed by atoms with Gasteiger partial charge in [0.2, 0.25) is 0 Å². The molecular formula is C22H40. The Balaban J connectivity index is 1.48. The number of rotatable bonds is 6. The molecular weight excluding hydrogens is 264 g/mol. The predicted octanol–water partition coefficient (Wildman–Crippen LogP) is 7.51. The van der Waals surface area contributed by atoms with Crippen LogP contribution in [0, 0.1) is 23.7 Å². The van der Waals surface area contributed by atoms with Crippen LogP contribution in [0.15, 0.2) is 0 Å². The van der Waals surface area contributed by atoms with Gasteiger partial charge in [-0.1, -0.05) is 109 Å². The minimum atomic E-state index is 1.10. The van der Waals surface area contributed by atoms with Crippen molar-refractivity contribution in [1.82, 2.24) is 0 Å². The molecule has 0 heterocycles. The molecule has 0 spiro atoms. The summed E-state index contributed by atoms with van der Waals surface area (Å²) >= 11 is 0. The van der Waals surface area contributed by atoms with E-state index in [4.69, 9.17) is 0 Å². The maximum Gasteiger partial charge on any atom is -0.0357 e. The minimum Gasteiger partial charge on any atom is -0.0533 e. The van der Waals surface area contributed by atoms with Gasteiger partial charge in [0.1, 0.15) is 0 Å². The fourth-order valence-electron chi connectivity index (χ4n) is 6.10. The van der Waals surface area contributed by atoms with Crippen LogP contribution in [0.25, 0.3) is 0 Å². The third-order valence-corrected chi connectivity index (χ3v) is 7.39. The Hall–Kier alpha value is 0. The quantitative estimate of drug-likeness (QED) is 0.476. The molecule has 0 nitrogen and oxygen atoms in total. The van der Waals surface area contributed by atoms with Crippen LogP contribution in [-0.4, -0.2) is 0 Å². The summed E-state index contributed by atoms with van der Waals surface area (Å²) in [5, 5.41) is 0. The average molecular weight is 305 g/mol. The topological polar surface area (TPSA) is 0 Å². The molecule has 3 rings (SSSR count). The second-order valence-electron chi connectivity index (χ2n) is 8.89. The SMILES string of the molecule is C1CCC(CCCC(C2CCCCC2)C2CCCCC2)CC1. The Bertz CT molecular complexity index is 258. The lowest BCUT2D eigenvalue weighted by molar-refractivity contribution is 0.129. The lowest BCUT2D eigenvalue weighted by Crippen LogP contribution is -2.27. The summed E-state index contributed by atoms with van der Waals surface area (Å²) in [4.78, 5) is 0. The lowest BCUT2D eigenvalue weighted by Gasteiger charge is -2.38. The fraction of sp³-hybridized carbons (Fsp3) is 1.00. The van der Waals surface area contributed by atoms with Gasteiger partial charge in [-0.15, -0.1) is 0 Å². The van der Waals surface area contributed by atoms with Crippen molar-refractivity contribution in [2.75, 3.05) is 0 Å². The van der Waals surface area contributed by atoms with Crippen molar-refractivity contribution in [3.63, 3.8) is 0 Å². The van der Waals surface area contributed by atoms with Gasteiger partial charge >= 0.3 is 0 Å². The van der Waals surface area contributed by atoms with Gasteiger partial charge in [0.15, 0.2) is 0 Å². The predicted molar refractivity (Wildman–Crippen MR) is 97.1 cm³/mol. The Morgan fingerprint density at radius 2 is 1.00 bits per heavy atom. The Morgan fingerprint density at radius 1 is 0.545 bits per heavy atom. The van der Waals surface area contributed by atoms with Gasteiger partial charge in [0.05, 0.1) is 0 Å². The van der Waals surface area contributed by atoms with Gasteiger partial charge < -0.3 is 0 Å². The normalized spacial score (nSPS) is 26.6. The lowest BCUT2D eigenvalue weighted by atomic mass is 9.67. The van der Waals surface area contributed by atoms with Gasteiger partial charge in [-0.05, 0) is 30.1 Å². The number of hydrogen-bond acceptors (Lipinski definition) is 0. The van der Waals surface area contributed by atoms with Crippen molar-refractivity contribution >= 4 is 0 Å². The fourth-order valence-corrected chi connectivity index (χ4v) is 6.10. The third-order valence-electron chi connectivity index (χ3n) is 7.39. The van der Waals surface area contributed by atoms with Gasteiger partial charge in [-0.25, -0.2) is 0 Å². The molecule has 0 saturated heterocycles. The van der Waals surface area contributed by atoms with Crippen molar-refractivity contribution in [1.29, 1.82) is 0 Å². The summed E-state index contributed by atoms with van der Waals surface area (Å²) in [6.07, 6.45) is 27.9. The summed E-state index contributed by atoms with van der Waals surface area (Å²) in [7, 11) is 0. The molecule has 0 heteroatoms. The zero-order chi connectivity index (χ0) is 15.0. The molecule has 0 amide bonds. The first-order chi connectivity index (χ1) is 10.9. The van der Waals surface area contributed by atoms with Crippen LogP contribution in [0.4, 0.5) is 0 Å². The second-order valence-corrected chi connectivity index (χ2v) is 8.89. The second kappa shape index (κ2) is 9.33. The van der Waals surface area contributed by atoms with Crippen molar-refractivity contribution in [2.45, 2.75) is 116 Å². The molecule has 3 fully saturated rings. The highest BCUT2D eigenvalue weighted by Crippen LogP contribution is 2.42. The van der Waals surface area contributed by atoms with Crippen molar-refractivity contribution in [2.24, 2.45) is 23.7 Å². The Kier molecular flexibility index (Phi) is 7.15. The standard InChI is InChI=1S/C22H40/c1-4-11-19(12-5-1)13-10-18-22(20-14-6-2-7-15-20)21-16-8-3-9-17-21/h19-22H,1-18H2. The largest absolute Gasteiger partial charge is 0.0533 e. The van der Waals surface area contributed by atoms with Crippen molar-refractivity contribution < 1.29 is 0 Å². The van der Waals surface area contributed by atoms with E-state index in [2.05, 4.69) is 0 Å². The van der Waals surface area contributed by atoms with E-state index < -0.39 is 0 Å². The summed E-state index contributed by atoms with van der Waals surface area (Å²) < 4.78 is 0. The van der Waals surface area contributed by atoms with E-state index in [-0.39, 0.29) is 0 Å². The van der Waals surface area contributed by atoms with E-state index in [0.717, 1.165) is 23.7 Å². The molecule has 0 aromatic rings. The van der Waals surface area contributed by atoms with E-state index in [1.807, 2.05) is 0 Å². The molecule has 0 N–H and O–H groups in total. The van der Waals surface area contributed by atoms with Crippen LogP contribution in [0.2, 0.25) is 0 Å². The van der Waals surface area contributed by atoms with Crippen LogP contribution in [0.3, 0.4) is 0 Å². The average Bonchev–Trinajstić information content (AvgIpc) is 2.61. The van der Waals surface area contributed by atoms with Crippen LogP contribution >= 0.6 is 0 Å². The van der Waals surface area contributed by atoms with Crippen LogP contribution in [-0.2, 0) is 0 Å². The monoisotopic (exact) mass is 304 g/mol. The zero-order valence-corrected chi connectivity index (χ0v) is 15.0. The van der Waals surface area contributed by atoms with Crippen molar-refractivity contribution in [3.05, 3.63) is 0 Å². The molecule has 3 aliphatic rings. The van der Waals surface area contributed by atoms with E-state index >= 15 is 0 Å². The molecule has 0 aromatic heterocycles. The van der Waals surface area contributed by atoms with E-state index in [9.17, 15) is 0 Å². The molecule has 128 valence electrons. The van der Waals surface area contributed by atoms with Gasteiger partial charge in [-0.3, -0.25) is 0 Å². The maximum absolute atomic E-state index is 1.59. The number of hydrogen-bond donors (Lipinski definition) is 0. The molecule has 0 bridgehead atoms. The maximum atomic E-state index is 1.59. The molecule has 3 aliphatic carbocycles. The summed E-state index contributed by atoms with van der Waals surface area (Å²) in [6, 6.07) is 0. The van der Waals surface area contributed by atoms with E-state index in [1.165, 1.54) is 57.8 Å². The molecule has 3 saturated carbocycles. The molecule has 0 atom stereocenters. The first-order valence-corrected chi connectivity index (χ1v) is 10.9. The third kappa shape index (κ3) is 5.00. The molecule has 22 heavy (non-hydrogen) atoms. The first kappa shape index (κ1) is 16.8. The molecule has 0 unspecified atom stereocenters. The first-order valence-electron chi connectivity index (χ1n) is 10.9. The Morgan fingerprint density at radius 3 is 1.50 bits per heavy atom. The summed E-state index contributed by atoms with van der Waals surface area (Å²) in [6.45, 7) is 0. The van der Waals surface area contributed by atoms with Crippen molar-refractivity contribution in [3.8, 4) is 0 Å². The molecule has 0 radical (unpaired) electrons. The highest BCUT2D eigenvalue weighted by molar-refractivity contribution is 4.82. The minimum absolute atomic E-state index is 1.10. The molecule has 0 aromatic carbocycles. The van der Waals surface area contributed by atoms with Crippen LogP contribution in [0.5, 0.6) is 0 Å². The van der Waals surface area contributed by atoms with Crippen LogP contribution < -0.4 is 0 Å². The summed E-state index contributed by atoms with van der Waals surface area (Å²) in [5.41, 5.74) is 0. The van der Waals surface area contributed by atoms with E-state index in [0.29, 0.717) is 0 Å². The highest BCUT2D eigenvalue weighted by Gasteiger charge is 2.31. The van der Waals surface area contributed by atoms with Gasteiger partial charge in [0.25, 0.3) is 0 Å². The zero-order valence-electron chi connectivity index (χ0n) is 15.0. The van der Waals surface area contributed by atoms with Gasteiger partial charge in [0, 0.05) is 0 Å². The van der Waals surface area contributed by atoms with Crippen LogP contribution in [0.1, 0.15) is 116 Å². The molecule has 0 aliphatic heterocycles. The highest BCUT2D eigenvalue weighted by atomic mass is 14.4.